The van der Waals surface area contributed by atoms with Crippen LogP contribution in [-0.2, 0) is 0 Å². The van der Waals surface area contributed by atoms with E-state index < -0.39 is 0 Å². The first-order valence-corrected chi connectivity index (χ1v) is 5.43. The SMILES string of the molecule is COc1cccc(C(=O)c2ccoc2Br)c1. The van der Waals surface area contributed by atoms with Crippen LogP contribution in [-0.4, -0.2) is 12.9 Å². The number of carbonyl (C=O) groups is 1. The summed E-state index contributed by atoms with van der Waals surface area (Å²) in [5, 5.41) is 0. The van der Waals surface area contributed by atoms with Gasteiger partial charge in [0.15, 0.2) is 10.5 Å². The predicted molar refractivity (Wildman–Crippen MR) is 62.8 cm³/mol. The van der Waals surface area contributed by atoms with E-state index in [1.807, 2.05) is 0 Å². The van der Waals surface area contributed by atoms with Gasteiger partial charge in [0, 0.05) is 5.56 Å². The molecule has 1 heterocycles. The summed E-state index contributed by atoms with van der Waals surface area (Å²) in [5.41, 5.74) is 1.08. The van der Waals surface area contributed by atoms with Crippen molar-refractivity contribution in [2.24, 2.45) is 0 Å². The van der Waals surface area contributed by atoms with Crippen LogP contribution in [0.2, 0.25) is 0 Å². The first kappa shape index (κ1) is 11.0. The fourth-order valence-corrected chi connectivity index (χ4v) is 1.80. The van der Waals surface area contributed by atoms with Crippen LogP contribution in [0.25, 0.3) is 0 Å². The van der Waals surface area contributed by atoms with Crippen LogP contribution < -0.4 is 4.74 Å². The maximum atomic E-state index is 12.1. The monoisotopic (exact) mass is 280 g/mol. The van der Waals surface area contributed by atoms with Gasteiger partial charge in [0.1, 0.15) is 5.75 Å². The molecule has 16 heavy (non-hydrogen) atoms. The van der Waals surface area contributed by atoms with Crippen molar-refractivity contribution in [1.82, 2.24) is 0 Å². The van der Waals surface area contributed by atoms with Gasteiger partial charge in [-0.05, 0) is 34.1 Å². The molecule has 0 unspecified atom stereocenters. The summed E-state index contributed by atoms with van der Waals surface area (Å²) in [7, 11) is 1.57. The van der Waals surface area contributed by atoms with Crippen molar-refractivity contribution >= 4 is 21.7 Å². The lowest BCUT2D eigenvalue weighted by Gasteiger charge is -2.02. The van der Waals surface area contributed by atoms with E-state index in [4.69, 9.17) is 9.15 Å². The number of hydrogen-bond acceptors (Lipinski definition) is 3. The van der Waals surface area contributed by atoms with Gasteiger partial charge in [-0.3, -0.25) is 4.79 Å². The van der Waals surface area contributed by atoms with Crippen molar-refractivity contribution in [3.63, 3.8) is 0 Å². The van der Waals surface area contributed by atoms with Crippen molar-refractivity contribution in [2.75, 3.05) is 7.11 Å². The van der Waals surface area contributed by atoms with Crippen molar-refractivity contribution in [3.8, 4) is 5.75 Å². The topological polar surface area (TPSA) is 39.4 Å². The molecule has 0 aliphatic carbocycles. The van der Waals surface area contributed by atoms with Gasteiger partial charge in [-0.1, -0.05) is 12.1 Å². The molecule has 82 valence electrons. The van der Waals surface area contributed by atoms with Crippen molar-refractivity contribution in [1.29, 1.82) is 0 Å². The van der Waals surface area contributed by atoms with Gasteiger partial charge >= 0.3 is 0 Å². The Labute approximate surface area is 101 Å². The molecule has 0 atom stereocenters. The van der Waals surface area contributed by atoms with Gasteiger partial charge < -0.3 is 9.15 Å². The molecular weight excluding hydrogens is 272 g/mol. The summed E-state index contributed by atoms with van der Waals surface area (Å²) < 4.78 is 10.5. The van der Waals surface area contributed by atoms with Gasteiger partial charge in [-0.15, -0.1) is 0 Å². The highest BCUT2D eigenvalue weighted by molar-refractivity contribution is 9.10. The normalized spacial score (nSPS) is 10.1. The Balaban J connectivity index is 2.38. The van der Waals surface area contributed by atoms with E-state index in [9.17, 15) is 4.79 Å². The lowest BCUT2D eigenvalue weighted by Crippen LogP contribution is -2.00. The van der Waals surface area contributed by atoms with E-state index in [1.165, 1.54) is 6.26 Å². The van der Waals surface area contributed by atoms with E-state index in [-0.39, 0.29) is 5.78 Å². The average molecular weight is 281 g/mol. The summed E-state index contributed by atoms with van der Waals surface area (Å²) in [6, 6.07) is 8.64. The molecule has 0 fully saturated rings. The number of ketones is 1. The molecule has 0 aliphatic rings. The molecule has 2 rings (SSSR count). The standard InChI is InChI=1S/C12H9BrO3/c1-15-9-4-2-3-8(7-9)11(14)10-5-6-16-12(10)13/h2-7H,1H3. The minimum absolute atomic E-state index is 0.0977. The van der Waals surface area contributed by atoms with Gasteiger partial charge in [0.25, 0.3) is 0 Å². The molecule has 0 N–H and O–H groups in total. The van der Waals surface area contributed by atoms with E-state index in [0.29, 0.717) is 21.5 Å². The highest BCUT2D eigenvalue weighted by Gasteiger charge is 2.15. The molecule has 0 radical (unpaired) electrons. The smallest absolute Gasteiger partial charge is 0.197 e. The third-order valence-corrected chi connectivity index (χ3v) is 2.81. The molecule has 0 amide bonds. The Morgan fingerprint density at radius 1 is 1.38 bits per heavy atom. The summed E-state index contributed by atoms with van der Waals surface area (Å²) >= 11 is 3.18. The number of methoxy groups -OCH3 is 1. The first-order chi connectivity index (χ1) is 7.72. The van der Waals surface area contributed by atoms with Crippen LogP contribution >= 0.6 is 15.9 Å². The third kappa shape index (κ3) is 2.02. The fraction of sp³-hybridized carbons (Fsp3) is 0.0833. The molecule has 2 aromatic rings. The number of rotatable bonds is 3. The quantitative estimate of drug-likeness (QED) is 0.810. The molecule has 0 saturated carbocycles. The molecule has 3 nitrogen and oxygen atoms in total. The second-order valence-corrected chi connectivity index (χ2v) is 3.89. The van der Waals surface area contributed by atoms with Crippen LogP contribution in [0.4, 0.5) is 0 Å². The van der Waals surface area contributed by atoms with Crippen molar-refractivity contribution in [3.05, 3.63) is 52.4 Å². The third-order valence-electron chi connectivity index (χ3n) is 2.19. The lowest BCUT2D eigenvalue weighted by atomic mass is 10.1. The number of hydrogen-bond donors (Lipinski definition) is 0. The van der Waals surface area contributed by atoms with Gasteiger partial charge in [0.05, 0.1) is 18.9 Å². The van der Waals surface area contributed by atoms with Crippen molar-refractivity contribution in [2.45, 2.75) is 0 Å². The number of halogens is 1. The molecule has 1 aromatic heterocycles. The van der Waals surface area contributed by atoms with Crippen LogP contribution in [0.5, 0.6) is 5.75 Å². The fourth-order valence-electron chi connectivity index (χ4n) is 1.38. The van der Waals surface area contributed by atoms with E-state index in [0.717, 1.165) is 0 Å². The first-order valence-electron chi connectivity index (χ1n) is 4.64. The maximum absolute atomic E-state index is 12.1. The minimum atomic E-state index is -0.0977. The maximum Gasteiger partial charge on any atom is 0.197 e. The Kier molecular flexibility index (Phi) is 3.10. The number of carbonyl (C=O) groups excluding carboxylic acids is 1. The van der Waals surface area contributed by atoms with Crippen molar-refractivity contribution < 1.29 is 13.9 Å². The molecule has 0 spiro atoms. The summed E-state index contributed by atoms with van der Waals surface area (Å²) in [5.74, 6) is 0.560. The van der Waals surface area contributed by atoms with E-state index in [1.54, 1.807) is 37.4 Å². The number of furan rings is 1. The second kappa shape index (κ2) is 4.53. The molecule has 1 aromatic carbocycles. The Morgan fingerprint density at radius 3 is 2.81 bits per heavy atom. The molecule has 0 bridgehead atoms. The molecular formula is C12H9BrO3. The van der Waals surface area contributed by atoms with Crippen LogP contribution in [0.3, 0.4) is 0 Å². The molecule has 4 heteroatoms. The van der Waals surface area contributed by atoms with E-state index >= 15 is 0 Å². The summed E-state index contributed by atoms with van der Waals surface area (Å²) in [6.07, 6.45) is 1.47. The van der Waals surface area contributed by atoms with Gasteiger partial charge in [-0.2, -0.15) is 0 Å². The van der Waals surface area contributed by atoms with Crippen LogP contribution in [0.1, 0.15) is 15.9 Å². The zero-order valence-corrected chi connectivity index (χ0v) is 10.2. The van der Waals surface area contributed by atoms with Crippen LogP contribution in [0.15, 0.2) is 45.7 Å². The number of ether oxygens (including phenoxy) is 1. The summed E-state index contributed by atoms with van der Waals surface area (Å²) in [6.45, 7) is 0. The highest BCUT2D eigenvalue weighted by atomic mass is 79.9. The Hall–Kier alpha value is -1.55. The predicted octanol–water partition coefficient (Wildman–Crippen LogP) is 3.28. The summed E-state index contributed by atoms with van der Waals surface area (Å²) in [4.78, 5) is 12.1. The highest BCUT2D eigenvalue weighted by Crippen LogP contribution is 2.22. The average Bonchev–Trinajstić information content (AvgIpc) is 2.74. The minimum Gasteiger partial charge on any atom is -0.497 e. The zero-order valence-electron chi connectivity index (χ0n) is 8.57. The van der Waals surface area contributed by atoms with E-state index in [2.05, 4.69) is 15.9 Å². The number of benzene rings is 1. The van der Waals surface area contributed by atoms with Gasteiger partial charge in [-0.25, -0.2) is 0 Å². The Bertz CT molecular complexity index is 516. The molecule has 0 aliphatic heterocycles. The Morgan fingerprint density at radius 2 is 2.19 bits per heavy atom. The largest absolute Gasteiger partial charge is 0.497 e. The van der Waals surface area contributed by atoms with Crippen LogP contribution in [0, 0.1) is 0 Å². The zero-order chi connectivity index (χ0) is 11.5. The van der Waals surface area contributed by atoms with Gasteiger partial charge in [0.2, 0.25) is 0 Å². The lowest BCUT2D eigenvalue weighted by molar-refractivity contribution is 0.103. The second-order valence-electron chi connectivity index (χ2n) is 3.17. The molecule has 0 saturated heterocycles.